The van der Waals surface area contributed by atoms with Gasteiger partial charge in [0.25, 0.3) is 0 Å². The number of carbonyl (C=O) groups excluding carboxylic acids is 1. The second kappa shape index (κ2) is 7.12. The van der Waals surface area contributed by atoms with Gasteiger partial charge in [0.2, 0.25) is 5.91 Å². The molecule has 1 heterocycles. The predicted molar refractivity (Wildman–Crippen MR) is 87.1 cm³/mol. The van der Waals surface area contributed by atoms with Crippen molar-refractivity contribution in [2.75, 3.05) is 13.2 Å². The van der Waals surface area contributed by atoms with Gasteiger partial charge >= 0.3 is 0 Å². The minimum absolute atomic E-state index is 0.110. The Kier molecular flexibility index (Phi) is 4.74. The summed E-state index contributed by atoms with van der Waals surface area (Å²) in [4.78, 5) is 12.1. The molecule has 0 saturated heterocycles. The summed E-state index contributed by atoms with van der Waals surface area (Å²) in [6.45, 7) is 1.33. The molecular weight excluding hydrogens is 274 g/mol. The predicted octanol–water partition coefficient (Wildman–Crippen LogP) is 3.30. The maximum absolute atomic E-state index is 12.1. The first-order valence-corrected chi connectivity index (χ1v) is 7.85. The van der Waals surface area contributed by atoms with Crippen LogP contribution in [0.1, 0.15) is 29.9 Å². The molecule has 3 heteroatoms. The lowest BCUT2D eigenvalue weighted by molar-refractivity contribution is -0.121. The van der Waals surface area contributed by atoms with Gasteiger partial charge in [-0.3, -0.25) is 4.79 Å². The molecule has 0 spiro atoms. The minimum Gasteiger partial charge on any atom is -0.493 e. The van der Waals surface area contributed by atoms with E-state index in [0.29, 0.717) is 13.0 Å². The van der Waals surface area contributed by atoms with Crippen LogP contribution in [-0.4, -0.2) is 19.1 Å². The van der Waals surface area contributed by atoms with Crippen LogP contribution in [0, 0.1) is 0 Å². The van der Waals surface area contributed by atoms with Crippen molar-refractivity contribution in [3.8, 4) is 5.75 Å². The molecular formula is C19H21NO2. The molecule has 114 valence electrons. The average molecular weight is 295 g/mol. The number of hydrogen-bond donors (Lipinski definition) is 1. The third kappa shape index (κ3) is 3.67. The van der Waals surface area contributed by atoms with E-state index in [0.717, 1.165) is 30.7 Å². The van der Waals surface area contributed by atoms with E-state index < -0.39 is 0 Å². The molecule has 1 aliphatic heterocycles. The van der Waals surface area contributed by atoms with Crippen molar-refractivity contribution in [3.63, 3.8) is 0 Å². The summed E-state index contributed by atoms with van der Waals surface area (Å²) in [5.41, 5.74) is 2.47. The smallest absolute Gasteiger partial charge is 0.220 e. The van der Waals surface area contributed by atoms with Crippen LogP contribution in [0.4, 0.5) is 0 Å². The van der Waals surface area contributed by atoms with Crippen molar-refractivity contribution >= 4 is 5.91 Å². The van der Waals surface area contributed by atoms with Gasteiger partial charge in [-0.2, -0.15) is 0 Å². The van der Waals surface area contributed by atoms with Gasteiger partial charge in [-0.05, 0) is 24.5 Å². The maximum atomic E-state index is 12.1. The first kappa shape index (κ1) is 14.6. The van der Waals surface area contributed by atoms with Crippen molar-refractivity contribution in [1.29, 1.82) is 0 Å². The van der Waals surface area contributed by atoms with Crippen LogP contribution in [0.15, 0.2) is 54.6 Å². The molecule has 22 heavy (non-hydrogen) atoms. The molecule has 1 N–H and O–H groups in total. The van der Waals surface area contributed by atoms with Gasteiger partial charge in [-0.1, -0.05) is 48.5 Å². The van der Waals surface area contributed by atoms with Gasteiger partial charge in [0, 0.05) is 24.4 Å². The van der Waals surface area contributed by atoms with Gasteiger partial charge in [0.05, 0.1) is 6.61 Å². The Bertz CT molecular complexity index is 624. The highest BCUT2D eigenvalue weighted by Gasteiger charge is 2.25. The summed E-state index contributed by atoms with van der Waals surface area (Å²) >= 11 is 0. The summed E-state index contributed by atoms with van der Waals surface area (Å²) in [5, 5.41) is 3.02. The lowest BCUT2D eigenvalue weighted by Gasteiger charge is -2.09. The number of ether oxygens (including phenoxy) is 1. The molecule has 3 nitrogen and oxygen atoms in total. The molecule has 1 atom stereocenters. The fourth-order valence-electron chi connectivity index (χ4n) is 2.86. The maximum Gasteiger partial charge on any atom is 0.220 e. The highest BCUT2D eigenvalue weighted by atomic mass is 16.5. The van der Waals surface area contributed by atoms with Crippen LogP contribution < -0.4 is 10.1 Å². The second-order valence-electron chi connectivity index (χ2n) is 5.69. The quantitative estimate of drug-likeness (QED) is 0.830. The van der Waals surface area contributed by atoms with Crippen molar-refractivity contribution < 1.29 is 9.53 Å². The first-order valence-electron chi connectivity index (χ1n) is 7.85. The standard InChI is InChI=1S/C19H21NO2/c21-19(20-12-6-9-15-7-2-1-3-8-15)13-16-14-22-18-11-5-4-10-17(16)18/h1-5,7-8,10-11,16H,6,9,12-14H2,(H,20,21). The van der Waals surface area contributed by atoms with Crippen molar-refractivity contribution in [2.24, 2.45) is 0 Å². The highest BCUT2D eigenvalue weighted by Crippen LogP contribution is 2.35. The second-order valence-corrected chi connectivity index (χ2v) is 5.69. The van der Waals surface area contributed by atoms with Gasteiger partial charge in [0.15, 0.2) is 0 Å². The Morgan fingerprint density at radius 3 is 2.73 bits per heavy atom. The largest absolute Gasteiger partial charge is 0.493 e. The van der Waals surface area contributed by atoms with Crippen LogP contribution in [-0.2, 0) is 11.2 Å². The van der Waals surface area contributed by atoms with Crippen molar-refractivity contribution in [1.82, 2.24) is 5.32 Å². The van der Waals surface area contributed by atoms with E-state index >= 15 is 0 Å². The average Bonchev–Trinajstić information content (AvgIpc) is 2.96. The molecule has 0 radical (unpaired) electrons. The molecule has 0 fully saturated rings. The van der Waals surface area contributed by atoms with E-state index in [9.17, 15) is 4.79 Å². The summed E-state index contributed by atoms with van der Waals surface area (Å²) in [6.07, 6.45) is 2.46. The van der Waals surface area contributed by atoms with Crippen molar-refractivity contribution in [3.05, 3.63) is 65.7 Å². The summed E-state index contributed by atoms with van der Waals surface area (Å²) in [7, 11) is 0. The molecule has 0 bridgehead atoms. The zero-order valence-corrected chi connectivity index (χ0v) is 12.6. The molecule has 2 aromatic carbocycles. The number of fused-ring (bicyclic) bond motifs is 1. The van der Waals surface area contributed by atoms with Gasteiger partial charge in [-0.15, -0.1) is 0 Å². The van der Waals surface area contributed by atoms with Crippen LogP contribution in [0.5, 0.6) is 5.75 Å². The Balaban J connectivity index is 1.40. The summed E-state index contributed by atoms with van der Waals surface area (Å²) in [5.74, 6) is 1.22. The van der Waals surface area contributed by atoms with E-state index in [1.165, 1.54) is 5.56 Å². The Morgan fingerprint density at radius 2 is 1.86 bits per heavy atom. The number of carbonyl (C=O) groups is 1. The Hall–Kier alpha value is -2.29. The lowest BCUT2D eigenvalue weighted by Crippen LogP contribution is -2.26. The number of rotatable bonds is 6. The van der Waals surface area contributed by atoms with Crippen LogP contribution in [0.3, 0.4) is 0 Å². The summed E-state index contributed by atoms with van der Waals surface area (Å²) in [6, 6.07) is 18.3. The van der Waals surface area contributed by atoms with E-state index in [-0.39, 0.29) is 11.8 Å². The zero-order valence-electron chi connectivity index (χ0n) is 12.6. The zero-order chi connectivity index (χ0) is 15.2. The Morgan fingerprint density at radius 1 is 1.09 bits per heavy atom. The van der Waals surface area contributed by atoms with E-state index in [2.05, 4.69) is 23.5 Å². The highest BCUT2D eigenvalue weighted by molar-refractivity contribution is 5.77. The molecule has 2 aromatic rings. The van der Waals surface area contributed by atoms with Gasteiger partial charge < -0.3 is 10.1 Å². The fraction of sp³-hybridized carbons (Fsp3) is 0.316. The fourth-order valence-corrected chi connectivity index (χ4v) is 2.86. The molecule has 3 rings (SSSR count). The molecule has 1 unspecified atom stereocenters. The molecule has 0 saturated carbocycles. The SMILES string of the molecule is O=C(CC1COc2ccccc21)NCCCc1ccccc1. The van der Waals surface area contributed by atoms with Crippen LogP contribution >= 0.6 is 0 Å². The molecule has 1 aliphatic rings. The van der Waals surface area contributed by atoms with Gasteiger partial charge in [-0.25, -0.2) is 0 Å². The third-order valence-corrected chi connectivity index (χ3v) is 4.04. The van der Waals surface area contributed by atoms with E-state index in [4.69, 9.17) is 4.74 Å². The van der Waals surface area contributed by atoms with E-state index in [1.807, 2.05) is 36.4 Å². The van der Waals surface area contributed by atoms with E-state index in [1.54, 1.807) is 0 Å². The topological polar surface area (TPSA) is 38.3 Å². The number of amides is 1. The number of hydrogen-bond acceptors (Lipinski definition) is 2. The molecule has 0 aliphatic carbocycles. The third-order valence-electron chi connectivity index (χ3n) is 4.04. The van der Waals surface area contributed by atoms with Crippen LogP contribution in [0.25, 0.3) is 0 Å². The molecule has 1 amide bonds. The van der Waals surface area contributed by atoms with Gasteiger partial charge in [0.1, 0.15) is 5.75 Å². The first-order chi connectivity index (χ1) is 10.8. The lowest BCUT2D eigenvalue weighted by atomic mass is 9.97. The number of para-hydroxylation sites is 1. The molecule has 0 aromatic heterocycles. The van der Waals surface area contributed by atoms with Crippen molar-refractivity contribution in [2.45, 2.75) is 25.2 Å². The van der Waals surface area contributed by atoms with Crippen LogP contribution in [0.2, 0.25) is 0 Å². The summed E-state index contributed by atoms with van der Waals surface area (Å²) < 4.78 is 5.62. The normalized spacial score (nSPS) is 15.9. The minimum atomic E-state index is 0.110. The Labute approximate surface area is 131 Å². The monoisotopic (exact) mass is 295 g/mol. The number of benzene rings is 2. The number of nitrogens with one attached hydrogen (secondary N) is 1. The number of aryl methyl sites for hydroxylation is 1.